The van der Waals surface area contributed by atoms with Gasteiger partial charge in [0.1, 0.15) is 0 Å². The molecule has 0 atom stereocenters. The maximum atomic E-state index is 12.9. The molecular formula is C16H15N5O. The Morgan fingerprint density at radius 1 is 1.23 bits per heavy atom. The molecule has 0 saturated carbocycles. The minimum absolute atomic E-state index is 0.0198. The molecule has 1 aliphatic rings. The van der Waals surface area contributed by atoms with Gasteiger partial charge in [0, 0.05) is 25.4 Å². The fourth-order valence-corrected chi connectivity index (χ4v) is 2.82. The van der Waals surface area contributed by atoms with Crippen molar-refractivity contribution in [3.8, 4) is 5.69 Å². The van der Waals surface area contributed by atoms with Crippen molar-refractivity contribution in [3.63, 3.8) is 0 Å². The summed E-state index contributed by atoms with van der Waals surface area (Å²) in [7, 11) is 0. The fraction of sp³-hybridized carbons (Fsp3) is 0.188. The normalized spacial score (nSPS) is 13.9. The number of carbonyl (C=O) groups excluding carboxylic acids is 1. The molecule has 6 heteroatoms. The summed E-state index contributed by atoms with van der Waals surface area (Å²) < 4.78 is 1.72. The zero-order valence-corrected chi connectivity index (χ0v) is 11.9. The van der Waals surface area contributed by atoms with Crippen LogP contribution in [0.25, 0.3) is 5.69 Å². The Kier molecular flexibility index (Phi) is 3.00. The topological polar surface area (TPSA) is 66.8 Å². The number of aromatic nitrogens is 4. The third-order valence-electron chi connectivity index (χ3n) is 3.95. The molecule has 3 heterocycles. The van der Waals surface area contributed by atoms with Crippen molar-refractivity contribution in [2.24, 2.45) is 0 Å². The maximum absolute atomic E-state index is 12.9. The van der Waals surface area contributed by atoms with Crippen molar-refractivity contribution in [3.05, 3.63) is 66.0 Å². The first-order valence-electron chi connectivity index (χ1n) is 7.22. The number of nitrogens with one attached hydrogen (secondary N) is 1. The van der Waals surface area contributed by atoms with Crippen LogP contribution in [0.5, 0.6) is 0 Å². The quantitative estimate of drug-likeness (QED) is 0.783. The highest BCUT2D eigenvalue weighted by Crippen LogP contribution is 2.20. The molecule has 4 rings (SSSR count). The zero-order chi connectivity index (χ0) is 14.9. The van der Waals surface area contributed by atoms with E-state index in [4.69, 9.17) is 0 Å². The number of fused-ring (bicyclic) bond motifs is 1. The molecule has 1 amide bonds. The number of H-pyrrole nitrogens is 1. The Morgan fingerprint density at radius 2 is 2.14 bits per heavy atom. The van der Waals surface area contributed by atoms with Crippen LogP contribution in [0, 0.1) is 0 Å². The molecule has 3 aromatic rings. The van der Waals surface area contributed by atoms with Crippen LogP contribution in [0.2, 0.25) is 0 Å². The Labute approximate surface area is 127 Å². The van der Waals surface area contributed by atoms with E-state index in [0.29, 0.717) is 18.7 Å². The molecule has 0 bridgehead atoms. The Hall–Kier alpha value is -2.89. The molecule has 1 aliphatic heterocycles. The van der Waals surface area contributed by atoms with Gasteiger partial charge >= 0.3 is 0 Å². The van der Waals surface area contributed by atoms with Gasteiger partial charge in [-0.05, 0) is 18.2 Å². The summed E-state index contributed by atoms with van der Waals surface area (Å²) in [6.45, 7) is 1.26. The predicted octanol–water partition coefficient (Wildman–Crippen LogP) is 1.79. The third-order valence-corrected chi connectivity index (χ3v) is 3.95. The predicted molar refractivity (Wildman–Crippen MR) is 80.6 cm³/mol. The van der Waals surface area contributed by atoms with Gasteiger partial charge in [0.2, 0.25) is 0 Å². The highest BCUT2D eigenvalue weighted by atomic mass is 16.2. The van der Waals surface area contributed by atoms with Crippen LogP contribution in [0.3, 0.4) is 0 Å². The average Bonchev–Trinajstić information content (AvgIpc) is 3.24. The number of hydrogen-bond donors (Lipinski definition) is 1. The number of hydrogen-bond acceptors (Lipinski definition) is 3. The van der Waals surface area contributed by atoms with Gasteiger partial charge in [-0.2, -0.15) is 5.10 Å². The number of nitrogens with zero attached hydrogens (tertiary/aromatic N) is 4. The van der Waals surface area contributed by atoms with E-state index in [1.54, 1.807) is 17.2 Å². The lowest BCUT2D eigenvalue weighted by molar-refractivity contribution is 0.0732. The highest BCUT2D eigenvalue weighted by molar-refractivity contribution is 5.97. The summed E-state index contributed by atoms with van der Waals surface area (Å²) >= 11 is 0. The molecule has 0 fully saturated rings. The van der Waals surface area contributed by atoms with Crippen molar-refractivity contribution >= 4 is 5.91 Å². The largest absolute Gasteiger partial charge is 0.347 e. The molecule has 110 valence electrons. The van der Waals surface area contributed by atoms with E-state index in [-0.39, 0.29) is 5.91 Å². The van der Waals surface area contributed by atoms with Crippen molar-refractivity contribution in [1.29, 1.82) is 0 Å². The van der Waals surface area contributed by atoms with Crippen molar-refractivity contribution < 1.29 is 4.79 Å². The second-order valence-corrected chi connectivity index (χ2v) is 5.27. The standard InChI is InChI=1S/C16H15N5O/c22-16(20-9-6-13-14(10-20)18-11-17-13)12-4-1-2-5-15(12)21-8-3-7-19-21/h1-5,7-8,11H,6,9-10H2,(H,17,18). The van der Waals surface area contributed by atoms with E-state index in [1.807, 2.05) is 41.4 Å². The van der Waals surface area contributed by atoms with E-state index in [0.717, 1.165) is 23.5 Å². The number of rotatable bonds is 2. The van der Waals surface area contributed by atoms with Crippen molar-refractivity contribution in [1.82, 2.24) is 24.6 Å². The molecule has 0 spiro atoms. The molecule has 0 unspecified atom stereocenters. The third kappa shape index (κ3) is 2.09. The van der Waals surface area contributed by atoms with Crippen LogP contribution in [0.4, 0.5) is 0 Å². The summed E-state index contributed by atoms with van der Waals surface area (Å²) in [5, 5.41) is 4.23. The van der Waals surface area contributed by atoms with E-state index < -0.39 is 0 Å². The second-order valence-electron chi connectivity index (χ2n) is 5.27. The van der Waals surface area contributed by atoms with Gasteiger partial charge in [-0.1, -0.05) is 12.1 Å². The average molecular weight is 293 g/mol. The van der Waals surface area contributed by atoms with E-state index >= 15 is 0 Å². The summed E-state index contributed by atoms with van der Waals surface area (Å²) in [6.07, 6.45) is 6.03. The van der Waals surface area contributed by atoms with Crippen LogP contribution in [0.15, 0.2) is 49.1 Å². The van der Waals surface area contributed by atoms with E-state index in [2.05, 4.69) is 15.1 Å². The number of imidazole rings is 1. The van der Waals surface area contributed by atoms with Gasteiger partial charge in [0.05, 0.1) is 35.5 Å². The molecular weight excluding hydrogens is 278 g/mol. The summed E-state index contributed by atoms with van der Waals surface area (Å²) in [6, 6.07) is 9.40. The molecule has 1 aromatic carbocycles. The molecule has 0 aliphatic carbocycles. The maximum Gasteiger partial charge on any atom is 0.256 e. The second kappa shape index (κ2) is 5.14. The van der Waals surface area contributed by atoms with Gasteiger partial charge in [-0.25, -0.2) is 9.67 Å². The Morgan fingerprint density at radius 3 is 3.00 bits per heavy atom. The monoisotopic (exact) mass is 293 g/mol. The number of aromatic amines is 1. The van der Waals surface area contributed by atoms with Crippen LogP contribution in [0.1, 0.15) is 21.7 Å². The van der Waals surface area contributed by atoms with Gasteiger partial charge in [-0.3, -0.25) is 4.79 Å². The van der Waals surface area contributed by atoms with E-state index in [1.165, 1.54) is 0 Å². The lowest BCUT2D eigenvalue weighted by Crippen LogP contribution is -2.36. The highest BCUT2D eigenvalue weighted by Gasteiger charge is 2.25. The smallest absolute Gasteiger partial charge is 0.256 e. The first-order valence-corrected chi connectivity index (χ1v) is 7.22. The first kappa shape index (κ1) is 12.8. The number of benzene rings is 1. The number of para-hydroxylation sites is 1. The molecule has 2 aromatic heterocycles. The summed E-state index contributed by atoms with van der Waals surface area (Å²) in [4.78, 5) is 22.1. The first-order chi connectivity index (χ1) is 10.8. The Balaban J connectivity index is 1.67. The fourth-order valence-electron chi connectivity index (χ4n) is 2.82. The van der Waals surface area contributed by atoms with Gasteiger partial charge < -0.3 is 9.88 Å². The van der Waals surface area contributed by atoms with Crippen LogP contribution in [-0.4, -0.2) is 37.1 Å². The lowest BCUT2D eigenvalue weighted by Gasteiger charge is -2.27. The molecule has 0 radical (unpaired) electrons. The zero-order valence-electron chi connectivity index (χ0n) is 11.9. The summed E-state index contributed by atoms with van der Waals surface area (Å²) in [5.41, 5.74) is 3.54. The van der Waals surface area contributed by atoms with Gasteiger partial charge in [-0.15, -0.1) is 0 Å². The van der Waals surface area contributed by atoms with Crippen LogP contribution < -0.4 is 0 Å². The van der Waals surface area contributed by atoms with Crippen LogP contribution in [-0.2, 0) is 13.0 Å². The lowest BCUT2D eigenvalue weighted by atomic mass is 10.1. The van der Waals surface area contributed by atoms with E-state index in [9.17, 15) is 4.79 Å². The Bertz CT molecular complexity index is 806. The van der Waals surface area contributed by atoms with Crippen molar-refractivity contribution in [2.75, 3.05) is 6.54 Å². The molecule has 0 saturated heterocycles. The SMILES string of the molecule is O=C(c1ccccc1-n1cccn1)N1CCc2nc[nH]c2C1. The minimum atomic E-state index is 0.0198. The van der Waals surface area contributed by atoms with Gasteiger partial charge in [0.15, 0.2) is 0 Å². The van der Waals surface area contributed by atoms with Gasteiger partial charge in [0.25, 0.3) is 5.91 Å². The number of carbonyl (C=O) groups is 1. The molecule has 1 N–H and O–H groups in total. The minimum Gasteiger partial charge on any atom is -0.347 e. The molecule has 22 heavy (non-hydrogen) atoms. The van der Waals surface area contributed by atoms with Crippen molar-refractivity contribution in [2.45, 2.75) is 13.0 Å². The number of amides is 1. The van der Waals surface area contributed by atoms with Crippen LogP contribution >= 0.6 is 0 Å². The summed E-state index contributed by atoms with van der Waals surface area (Å²) in [5.74, 6) is 0.0198. The molecule has 6 nitrogen and oxygen atoms in total.